The van der Waals surface area contributed by atoms with Crippen molar-refractivity contribution in [1.29, 1.82) is 0 Å². The molecule has 0 saturated heterocycles. The fourth-order valence-corrected chi connectivity index (χ4v) is 4.51. The van der Waals surface area contributed by atoms with Crippen molar-refractivity contribution in [3.8, 4) is 17.0 Å². The van der Waals surface area contributed by atoms with Crippen LogP contribution in [-0.2, 0) is 22.4 Å². The van der Waals surface area contributed by atoms with E-state index in [0.717, 1.165) is 40.2 Å². The summed E-state index contributed by atoms with van der Waals surface area (Å²) in [6.07, 6.45) is 1.66. The number of amides is 2. The smallest absolute Gasteiger partial charge is 0.264 e. The van der Waals surface area contributed by atoms with Gasteiger partial charge in [-0.1, -0.05) is 31.2 Å². The highest BCUT2D eigenvalue weighted by molar-refractivity contribution is 7.16. The lowest BCUT2D eigenvalue weighted by Gasteiger charge is -2.14. The van der Waals surface area contributed by atoms with Crippen LogP contribution in [0.4, 0.5) is 10.8 Å². The number of benzene rings is 2. The van der Waals surface area contributed by atoms with Gasteiger partial charge in [0.25, 0.3) is 5.91 Å². The molecule has 2 amide bonds. The van der Waals surface area contributed by atoms with Gasteiger partial charge in [-0.05, 0) is 42.7 Å². The number of hydrogen-bond acceptors (Lipinski definition) is 5. The van der Waals surface area contributed by atoms with Crippen LogP contribution in [0.2, 0.25) is 0 Å². The normalized spacial score (nSPS) is 12.5. The van der Waals surface area contributed by atoms with E-state index in [-0.39, 0.29) is 18.4 Å². The molecule has 0 saturated carbocycles. The van der Waals surface area contributed by atoms with Gasteiger partial charge in [-0.25, -0.2) is 4.98 Å². The molecule has 0 unspecified atom stereocenters. The highest BCUT2D eigenvalue weighted by Crippen LogP contribution is 2.36. The number of anilines is 2. The van der Waals surface area contributed by atoms with E-state index < -0.39 is 0 Å². The quantitative estimate of drug-likeness (QED) is 0.644. The van der Waals surface area contributed by atoms with Crippen LogP contribution in [0.5, 0.6) is 5.75 Å². The van der Waals surface area contributed by atoms with E-state index in [4.69, 9.17) is 4.74 Å². The highest BCUT2D eigenvalue weighted by Gasteiger charge is 2.23. The van der Waals surface area contributed by atoms with E-state index in [1.165, 1.54) is 11.3 Å². The molecular formula is C23H23N3O3S. The van der Waals surface area contributed by atoms with E-state index >= 15 is 0 Å². The fourth-order valence-electron chi connectivity index (χ4n) is 3.57. The van der Waals surface area contributed by atoms with Gasteiger partial charge in [0.15, 0.2) is 11.7 Å². The zero-order valence-corrected chi connectivity index (χ0v) is 17.8. The number of nitrogens with one attached hydrogen (secondary N) is 1. The first-order chi connectivity index (χ1) is 14.5. The summed E-state index contributed by atoms with van der Waals surface area (Å²) in [6.45, 7) is 4.32. The minimum Gasteiger partial charge on any atom is -0.484 e. The predicted octanol–water partition coefficient (Wildman–Crippen LogP) is 4.30. The van der Waals surface area contributed by atoms with Crippen molar-refractivity contribution in [3.63, 3.8) is 0 Å². The van der Waals surface area contributed by atoms with Gasteiger partial charge in [-0.15, -0.1) is 11.3 Å². The number of para-hydroxylation sites is 1. The van der Waals surface area contributed by atoms with E-state index in [1.54, 1.807) is 11.8 Å². The molecule has 1 aromatic heterocycles. The number of carbonyl (C=O) groups excluding carboxylic acids is 2. The number of aromatic nitrogens is 1. The Morgan fingerprint density at radius 2 is 2.00 bits per heavy atom. The molecule has 0 aliphatic carbocycles. The number of ether oxygens (including phenoxy) is 1. The molecule has 3 aromatic rings. The third-order valence-electron chi connectivity index (χ3n) is 5.01. The first-order valence-electron chi connectivity index (χ1n) is 9.94. The van der Waals surface area contributed by atoms with Gasteiger partial charge >= 0.3 is 0 Å². The first-order valence-corrected chi connectivity index (χ1v) is 10.8. The van der Waals surface area contributed by atoms with Crippen LogP contribution in [0.15, 0.2) is 48.5 Å². The molecule has 30 heavy (non-hydrogen) atoms. The number of carbonyl (C=O) groups is 2. The van der Waals surface area contributed by atoms with Crippen LogP contribution in [0.1, 0.15) is 24.3 Å². The molecule has 1 aliphatic heterocycles. The van der Waals surface area contributed by atoms with Crippen LogP contribution >= 0.6 is 11.3 Å². The Labute approximate surface area is 179 Å². The number of aryl methyl sites for hydroxylation is 1. The summed E-state index contributed by atoms with van der Waals surface area (Å²) < 4.78 is 5.50. The van der Waals surface area contributed by atoms with Gasteiger partial charge in [-0.2, -0.15) is 0 Å². The lowest BCUT2D eigenvalue weighted by atomic mass is 10.0. The van der Waals surface area contributed by atoms with E-state index in [2.05, 4.69) is 23.3 Å². The van der Waals surface area contributed by atoms with Gasteiger partial charge in [0.05, 0.1) is 5.69 Å². The molecule has 6 nitrogen and oxygen atoms in total. The van der Waals surface area contributed by atoms with Crippen molar-refractivity contribution in [2.24, 2.45) is 0 Å². The molecule has 0 spiro atoms. The lowest BCUT2D eigenvalue weighted by molar-refractivity contribution is -0.118. The van der Waals surface area contributed by atoms with Crippen LogP contribution in [-0.4, -0.2) is 29.9 Å². The molecule has 0 bridgehead atoms. The second-order valence-electron chi connectivity index (χ2n) is 7.06. The zero-order chi connectivity index (χ0) is 21.1. The summed E-state index contributed by atoms with van der Waals surface area (Å²) in [7, 11) is 0. The van der Waals surface area contributed by atoms with Crippen LogP contribution in [0.3, 0.4) is 0 Å². The number of hydrogen-bond donors (Lipinski definition) is 1. The van der Waals surface area contributed by atoms with E-state index in [0.29, 0.717) is 17.4 Å². The Bertz CT molecular complexity index is 1080. The maximum Gasteiger partial charge on any atom is 0.264 e. The first kappa shape index (κ1) is 20.1. The highest BCUT2D eigenvalue weighted by atomic mass is 32.1. The second kappa shape index (κ2) is 8.67. The molecule has 4 rings (SSSR count). The van der Waals surface area contributed by atoms with E-state index in [9.17, 15) is 9.59 Å². The summed E-state index contributed by atoms with van der Waals surface area (Å²) >= 11 is 1.48. The third kappa shape index (κ3) is 4.21. The maximum atomic E-state index is 12.3. The summed E-state index contributed by atoms with van der Waals surface area (Å²) in [5.41, 5.74) is 4.02. The summed E-state index contributed by atoms with van der Waals surface area (Å²) in [4.78, 5) is 31.6. The largest absolute Gasteiger partial charge is 0.484 e. The van der Waals surface area contributed by atoms with Gasteiger partial charge in [0.2, 0.25) is 5.91 Å². The van der Waals surface area contributed by atoms with Crippen LogP contribution in [0, 0.1) is 0 Å². The minimum absolute atomic E-state index is 0.0622. The lowest BCUT2D eigenvalue weighted by Crippen LogP contribution is -2.25. The molecule has 2 heterocycles. The summed E-state index contributed by atoms with van der Waals surface area (Å²) in [5.74, 6) is 0.472. The number of thiazole rings is 1. The monoisotopic (exact) mass is 421 g/mol. The molecular weight excluding hydrogens is 398 g/mol. The third-order valence-corrected chi connectivity index (χ3v) is 6.12. The Kier molecular flexibility index (Phi) is 5.81. The summed E-state index contributed by atoms with van der Waals surface area (Å²) in [6, 6.07) is 15.3. The van der Waals surface area contributed by atoms with Gasteiger partial charge < -0.3 is 9.64 Å². The molecule has 1 N–H and O–H groups in total. The van der Waals surface area contributed by atoms with Crippen molar-refractivity contribution >= 4 is 34.0 Å². The average Bonchev–Trinajstić information content (AvgIpc) is 3.36. The number of nitrogens with zero attached hydrogens (tertiary/aromatic N) is 2. The van der Waals surface area contributed by atoms with Crippen molar-refractivity contribution in [3.05, 3.63) is 59.0 Å². The van der Waals surface area contributed by atoms with Crippen LogP contribution < -0.4 is 15.0 Å². The van der Waals surface area contributed by atoms with Gasteiger partial charge in [0.1, 0.15) is 5.75 Å². The Hall–Kier alpha value is -3.19. The standard InChI is InChI=1S/C23H23N3O3S/c1-3-20-22(17-9-10-19-16(13-17)11-12-26(19)15(2)27)25-23(30-20)24-21(28)14-29-18-7-5-4-6-8-18/h4-10,13H,3,11-12,14H2,1-2H3,(H,24,25,28). The molecule has 154 valence electrons. The second-order valence-corrected chi connectivity index (χ2v) is 8.14. The molecule has 2 aromatic carbocycles. The Morgan fingerprint density at radius 1 is 1.20 bits per heavy atom. The topological polar surface area (TPSA) is 71.5 Å². The molecule has 1 aliphatic rings. The fraction of sp³-hybridized carbons (Fsp3) is 0.261. The van der Waals surface area contributed by atoms with Crippen molar-refractivity contribution in [2.45, 2.75) is 26.7 Å². The molecule has 0 atom stereocenters. The molecule has 0 fully saturated rings. The van der Waals surface area contributed by atoms with Gasteiger partial charge in [0, 0.05) is 29.6 Å². The zero-order valence-electron chi connectivity index (χ0n) is 17.0. The van der Waals surface area contributed by atoms with E-state index in [1.807, 2.05) is 42.5 Å². The SMILES string of the molecule is CCc1sc(NC(=O)COc2ccccc2)nc1-c1ccc2c(c1)CCN2C(C)=O. The minimum atomic E-state index is -0.243. The number of fused-ring (bicyclic) bond motifs is 1. The number of rotatable bonds is 6. The Morgan fingerprint density at radius 3 is 2.73 bits per heavy atom. The van der Waals surface area contributed by atoms with Crippen molar-refractivity contribution in [1.82, 2.24) is 4.98 Å². The van der Waals surface area contributed by atoms with Crippen LogP contribution in [0.25, 0.3) is 11.3 Å². The van der Waals surface area contributed by atoms with Crippen molar-refractivity contribution < 1.29 is 14.3 Å². The van der Waals surface area contributed by atoms with Crippen molar-refractivity contribution in [2.75, 3.05) is 23.4 Å². The van der Waals surface area contributed by atoms with Gasteiger partial charge in [-0.3, -0.25) is 14.9 Å². The molecule has 7 heteroatoms. The maximum absolute atomic E-state index is 12.3. The molecule has 0 radical (unpaired) electrons. The Balaban J connectivity index is 1.49. The average molecular weight is 422 g/mol. The predicted molar refractivity (Wildman–Crippen MR) is 119 cm³/mol. The summed E-state index contributed by atoms with van der Waals surface area (Å²) in [5, 5.41) is 3.41.